The second-order valence-corrected chi connectivity index (χ2v) is 7.61. The van der Waals surface area contributed by atoms with Crippen molar-refractivity contribution in [3.8, 4) is 5.75 Å². The Kier molecular flexibility index (Phi) is 4.30. The van der Waals surface area contributed by atoms with Crippen LogP contribution >= 0.6 is 0 Å². The zero-order valence-corrected chi connectivity index (χ0v) is 13.9. The quantitative estimate of drug-likeness (QED) is 0.611. The van der Waals surface area contributed by atoms with Gasteiger partial charge in [-0.25, -0.2) is 0 Å². The van der Waals surface area contributed by atoms with Crippen molar-refractivity contribution in [3.63, 3.8) is 0 Å². The lowest BCUT2D eigenvalue weighted by atomic mass is 9.86. The Hall–Kier alpha value is -1.84. The summed E-state index contributed by atoms with van der Waals surface area (Å²) in [7, 11) is 0. The molecule has 4 unspecified atom stereocenters. The summed E-state index contributed by atoms with van der Waals surface area (Å²) in [4.78, 5) is 23.3. The summed E-state index contributed by atoms with van der Waals surface area (Å²) in [5.74, 6) is 2.54. The molecule has 128 valence electrons. The molecule has 3 fully saturated rings. The van der Waals surface area contributed by atoms with Crippen LogP contribution in [0.5, 0.6) is 5.75 Å². The summed E-state index contributed by atoms with van der Waals surface area (Å²) in [5.41, 5.74) is 1.10. The van der Waals surface area contributed by atoms with Crippen molar-refractivity contribution in [2.45, 2.75) is 57.5 Å². The summed E-state index contributed by atoms with van der Waals surface area (Å²) in [6, 6.07) is 7.58. The highest BCUT2D eigenvalue weighted by Crippen LogP contribution is 2.49. The minimum Gasteiger partial charge on any atom is -0.462 e. The highest BCUT2D eigenvalue weighted by Gasteiger charge is 2.40. The molecule has 0 spiro atoms. The largest absolute Gasteiger partial charge is 0.462 e. The van der Waals surface area contributed by atoms with Gasteiger partial charge in [0.25, 0.3) is 0 Å². The maximum atomic E-state index is 12.2. The Labute approximate surface area is 142 Å². The van der Waals surface area contributed by atoms with Gasteiger partial charge in [0.2, 0.25) is 0 Å². The van der Waals surface area contributed by atoms with Gasteiger partial charge in [-0.2, -0.15) is 0 Å². The van der Waals surface area contributed by atoms with Crippen LogP contribution < -0.4 is 4.74 Å². The topological polar surface area (TPSA) is 52.6 Å². The Morgan fingerprint density at radius 1 is 1.12 bits per heavy atom. The molecule has 0 aromatic heterocycles. The molecule has 24 heavy (non-hydrogen) atoms. The van der Waals surface area contributed by atoms with Gasteiger partial charge in [-0.05, 0) is 61.1 Å². The van der Waals surface area contributed by atoms with Crippen molar-refractivity contribution < 1.29 is 19.1 Å². The molecule has 1 aliphatic heterocycles. The first-order valence-corrected chi connectivity index (χ1v) is 9.15. The van der Waals surface area contributed by atoms with E-state index in [0.29, 0.717) is 24.5 Å². The van der Waals surface area contributed by atoms with Gasteiger partial charge >= 0.3 is 11.9 Å². The minimum absolute atomic E-state index is 0.0105. The molecule has 0 N–H and O–H groups in total. The lowest BCUT2D eigenvalue weighted by Gasteiger charge is -2.20. The third-order valence-corrected chi connectivity index (χ3v) is 5.90. The third kappa shape index (κ3) is 3.47. The molecule has 3 aliphatic rings. The molecule has 2 bridgehead atoms. The molecule has 4 atom stereocenters. The molecule has 0 amide bonds. The van der Waals surface area contributed by atoms with E-state index < -0.39 is 0 Å². The van der Waals surface area contributed by atoms with Crippen LogP contribution in [0, 0.1) is 17.8 Å². The number of fused-ring (bicyclic) bond motifs is 2. The van der Waals surface area contributed by atoms with Crippen molar-refractivity contribution in [2.75, 3.05) is 0 Å². The Morgan fingerprint density at radius 3 is 2.58 bits per heavy atom. The minimum atomic E-state index is -0.106. The summed E-state index contributed by atoms with van der Waals surface area (Å²) >= 11 is 0. The van der Waals surface area contributed by atoms with Gasteiger partial charge in [0.05, 0.1) is 0 Å². The van der Waals surface area contributed by atoms with Crippen LogP contribution in [-0.2, 0) is 20.7 Å². The normalized spacial score (nSPS) is 31.2. The Bertz CT molecular complexity index is 621. The summed E-state index contributed by atoms with van der Waals surface area (Å²) in [5, 5.41) is 0. The molecule has 4 nitrogen and oxygen atoms in total. The maximum absolute atomic E-state index is 12.2. The van der Waals surface area contributed by atoms with E-state index in [4.69, 9.17) is 9.47 Å². The van der Waals surface area contributed by atoms with E-state index in [1.165, 1.54) is 25.7 Å². The number of ether oxygens (including phenoxy) is 2. The van der Waals surface area contributed by atoms with E-state index in [0.717, 1.165) is 30.2 Å². The standard InChI is InChI=1S/C20H24O4/c21-19-8-7-18(24-19)11-13-2-5-17(6-3-13)23-20(22)12-16-10-14-1-4-15(16)9-14/h2-3,5-6,14-16,18H,1,4,7-12H2. The Morgan fingerprint density at radius 2 is 1.96 bits per heavy atom. The van der Waals surface area contributed by atoms with Crippen LogP contribution in [0.1, 0.15) is 50.5 Å². The van der Waals surface area contributed by atoms with Gasteiger partial charge in [-0.1, -0.05) is 18.6 Å². The van der Waals surface area contributed by atoms with Crippen molar-refractivity contribution in [2.24, 2.45) is 17.8 Å². The first kappa shape index (κ1) is 15.7. The van der Waals surface area contributed by atoms with Crippen LogP contribution in [0.25, 0.3) is 0 Å². The molecule has 0 radical (unpaired) electrons. The summed E-state index contributed by atoms with van der Waals surface area (Å²) < 4.78 is 10.7. The fraction of sp³-hybridized carbons (Fsp3) is 0.600. The van der Waals surface area contributed by atoms with E-state index in [1.807, 2.05) is 24.3 Å². The SMILES string of the molecule is O=C(CC1CC2CCC1C2)Oc1ccc(CC2CCC(=O)O2)cc1. The second kappa shape index (κ2) is 6.58. The van der Waals surface area contributed by atoms with Gasteiger partial charge in [-0.15, -0.1) is 0 Å². The predicted molar refractivity (Wildman–Crippen MR) is 88.5 cm³/mol. The number of carbonyl (C=O) groups excluding carboxylic acids is 2. The predicted octanol–water partition coefficient (Wildman–Crippen LogP) is 3.67. The van der Waals surface area contributed by atoms with Crippen LogP contribution in [0.2, 0.25) is 0 Å². The zero-order chi connectivity index (χ0) is 16.5. The fourth-order valence-electron chi connectivity index (χ4n) is 4.70. The van der Waals surface area contributed by atoms with Crippen molar-refractivity contribution >= 4 is 11.9 Å². The smallest absolute Gasteiger partial charge is 0.311 e. The number of cyclic esters (lactones) is 1. The molecular formula is C20H24O4. The molecule has 2 saturated carbocycles. The second-order valence-electron chi connectivity index (χ2n) is 7.61. The van der Waals surface area contributed by atoms with E-state index in [2.05, 4.69) is 0 Å². The molecule has 1 aromatic rings. The number of rotatable bonds is 5. The van der Waals surface area contributed by atoms with Crippen LogP contribution in [0.15, 0.2) is 24.3 Å². The van der Waals surface area contributed by atoms with Gasteiger partial charge in [0.1, 0.15) is 11.9 Å². The molecule has 1 aromatic carbocycles. The van der Waals surface area contributed by atoms with Gasteiger partial charge < -0.3 is 9.47 Å². The number of benzene rings is 1. The first-order chi connectivity index (χ1) is 11.7. The molecule has 1 saturated heterocycles. The average Bonchev–Trinajstić information content (AvgIpc) is 3.26. The van der Waals surface area contributed by atoms with E-state index in [1.54, 1.807) is 0 Å². The number of carbonyl (C=O) groups is 2. The van der Waals surface area contributed by atoms with Crippen molar-refractivity contribution in [1.82, 2.24) is 0 Å². The number of esters is 2. The van der Waals surface area contributed by atoms with E-state index >= 15 is 0 Å². The van der Waals surface area contributed by atoms with Crippen LogP contribution in [-0.4, -0.2) is 18.0 Å². The van der Waals surface area contributed by atoms with E-state index in [-0.39, 0.29) is 18.0 Å². The van der Waals surface area contributed by atoms with Gasteiger partial charge in [-0.3, -0.25) is 9.59 Å². The van der Waals surface area contributed by atoms with Gasteiger partial charge in [0.15, 0.2) is 0 Å². The molecular weight excluding hydrogens is 304 g/mol. The third-order valence-electron chi connectivity index (χ3n) is 5.90. The lowest BCUT2D eigenvalue weighted by molar-refractivity contribution is -0.141. The number of hydrogen-bond acceptors (Lipinski definition) is 4. The highest BCUT2D eigenvalue weighted by molar-refractivity contribution is 5.73. The van der Waals surface area contributed by atoms with Gasteiger partial charge in [0, 0.05) is 19.3 Å². The first-order valence-electron chi connectivity index (χ1n) is 9.15. The summed E-state index contributed by atoms with van der Waals surface area (Å²) in [6.45, 7) is 0. The molecule has 4 rings (SSSR count). The van der Waals surface area contributed by atoms with Crippen LogP contribution in [0.4, 0.5) is 0 Å². The number of hydrogen-bond donors (Lipinski definition) is 0. The lowest BCUT2D eigenvalue weighted by Crippen LogP contribution is -2.18. The van der Waals surface area contributed by atoms with E-state index in [9.17, 15) is 9.59 Å². The molecule has 1 heterocycles. The zero-order valence-electron chi connectivity index (χ0n) is 13.9. The van der Waals surface area contributed by atoms with Crippen molar-refractivity contribution in [1.29, 1.82) is 0 Å². The van der Waals surface area contributed by atoms with Crippen molar-refractivity contribution in [3.05, 3.63) is 29.8 Å². The average molecular weight is 328 g/mol. The molecule has 2 aliphatic carbocycles. The monoisotopic (exact) mass is 328 g/mol. The van der Waals surface area contributed by atoms with Crippen LogP contribution in [0.3, 0.4) is 0 Å². The highest BCUT2D eigenvalue weighted by atomic mass is 16.5. The fourth-order valence-corrected chi connectivity index (χ4v) is 4.70. The Balaban J connectivity index is 1.27. The summed E-state index contributed by atoms with van der Waals surface area (Å²) in [6.07, 6.45) is 7.76. The molecule has 4 heteroatoms. The maximum Gasteiger partial charge on any atom is 0.311 e.